The number of rotatable bonds is 5. The molecule has 1 aromatic rings. The third kappa shape index (κ3) is 3.75. The molecule has 2 heterocycles. The Morgan fingerprint density at radius 2 is 2.29 bits per heavy atom. The Morgan fingerprint density at radius 1 is 1.57 bits per heavy atom. The van der Waals surface area contributed by atoms with Crippen LogP contribution < -0.4 is 11.1 Å². The molecule has 0 bridgehead atoms. The van der Waals surface area contributed by atoms with E-state index in [2.05, 4.69) is 15.4 Å². The molecule has 1 saturated heterocycles. The lowest BCUT2D eigenvalue weighted by atomic mass is 9.86. The second-order valence-corrected chi connectivity index (χ2v) is 5.50. The normalized spacial score (nSPS) is 19.4. The lowest BCUT2D eigenvalue weighted by molar-refractivity contribution is -0.122. The lowest BCUT2D eigenvalue weighted by Gasteiger charge is -2.40. The van der Waals surface area contributed by atoms with Crippen LogP contribution in [-0.2, 0) is 11.2 Å². The Balaban J connectivity index is 1.96. The summed E-state index contributed by atoms with van der Waals surface area (Å²) >= 11 is 0. The van der Waals surface area contributed by atoms with Gasteiger partial charge in [0, 0.05) is 25.9 Å². The molecule has 1 aliphatic rings. The molecular formula is C14H22N4O3. The van der Waals surface area contributed by atoms with Crippen LogP contribution in [0.2, 0.25) is 0 Å². The predicted molar refractivity (Wildman–Crippen MR) is 78.0 cm³/mol. The maximum atomic E-state index is 12.2. The Hall–Kier alpha value is -2.02. The summed E-state index contributed by atoms with van der Waals surface area (Å²) in [6, 6.07) is 3.63. The van der Waals surface area contributed by atoms with Crippen molar-refractivity contribution in [3.63, 3.8) is 0 Å². The van der Waals surface area contributed by atoms with Gasteiger partial charge in [-0.25, -0.2) is 0 Å². The van der Waals surface area contributed by atoms with Crippen molar-refractivity contribution in [3.05, 3.63) is 24.2 Å². The maximum Gasteiger partial charge on any atom is 0.221 e. The number of furan rings is 1. The fourth-order valence-electron chi connectivity index (χ4n) is 2.56. The Kier molecular flexibility index (Phi) is 4.85. The van der Waals surface area contributed by atoms with Gasteiger partial charge >= 0.3 is 0 Å². The van der Waals surface area contributed by atoms with Gasteiger partial charge in [0.05, 0.1) is 6.26 Å². The van der Waals surface area contributed by atoms with Crippen LogP contribution in [0, 0.1) is 0 Å². The molecule has 1 aromatic heterocycles. The van der Waals surface area contributed by atoms with E-state index >= 15 is 0 Å². The van der Waals surface area contributed by atoms with Gasteiger partial charge < -0.3 is 25.6 Å². The summed E-state index contributed by atoms with van der Waals surface area (Å²) in [4.78, 5) is 14.3. The summed E-state index contributed by atoms with van der Waals surface area (Å²) in [5.41, 5.74) is 5.07. The quantitative estimate of drug-likeness (QED) is 0.318. The van der Waals surface area contributed by atoms with Gasteiger partial charge in [0.25, 0.3) is 0 Å². The van der Waals surface area contributed by atoms with Gasteiger partial charge in [-0.15, -0.1) is 0 Å². The molecule has 1 fully saturated rings. The SMILES string of the molecule is CN1CCC(NC(=O)CCc2ccco2)(/C(N)=N/O)CC1. The van der Waals surface area contributed by atoms with E-state index in [9.17, 15) is 4.79 Å². The van der Waals surface area contributed by atoms with Gasteiger partial charge in [0.1, 0.15) is 11.3 Å². The minimum Gasteiger partial charge on any atom is -0.469 e. The first-order chi connectivity index (χ1) is 10.1. The molecule has 7 nitrogen and oxygen atoms in total. The van der Waals surface area contributed by atoms with Crippen LogP contribution in [0.1, 0.15) is 25.0 Å². The number of carbonyl (C=O) groups excluding carboxylic acids is 1. The monoisotopic (exact) mass is 294 g/mol. The molecule has 0 aliphatic carbocycles. The molecule has 116 valence electrons. The van der Waals surface area contributed by atoms with Crippen LogP contribution in [0.5, 0.6) is 0 Å². The first kappa shape index (κ1) is 15.4. The van der Waals surface area contributed by atoms with Crippen LogP contribution >= 0.6 is 0 Å². The number of hydrogen-bond acceptors (Lipinski definition) is 5. The highest BCUT2D eigenvalue weighted by atomic mass is 16.4. The number of nitrogens with zero attached hydrogens (tertiary/aromatic N) is 2. The zero-order valence-electron chi connectivity index (χ0n) is 12.2. The minimum absolute atomic E-state index is 0.0712. The average Bonchev–Trinajstić information content (AvgIpc) is 3.00. The van der Waals surface area contributed by atoms with Crippen molar-refractivity contribution >= 4 is 11.7 Å². The van der Waals surface area contributed by atoms with Crippen molar-refractivity contribution < 1.29 is 14.4 Å². The van der Waals surface area contributed by atoms with Crippen molar-refractivity contribution in [1.82, 2.24) is 10.2 Å². The van der Waals surface area contributed by atoms with Gasteiger partial charge in [-0.2, -0.15) is 0 Å². The lowest BCUT2D eigenvalue weighted by Crippen LogP contribution is -2.62. The van der Waals surface area contributed by atoms with Crippen molar-refractivity contribution in [2.24, 2.45) is 10.9 Å². The van der Waals surface area contributed by atoms with E-state index in [-0.39, 0.29) is 11.7 Å². The summed E-state index contributed by atoms with van der Waals surface area (Å²) < 4.78 is 5.21. The highest BCUT2D eigenvalue weighted by Gasteiger charge is 2.39. The summed E-state index contributed by atoms with van der Waals surface area (Å²) in [6.07, 6.45) is 3.69. The van der Waals surface area contributed by atoms with Crippen LogP contribution in [0.15, 0.2) is 28.0 Å². The number of amides is 1. The second-order valence-electron chi connectivity index (χ2n) is 5.50. The van der Waals surface area contributed by atoms with E-state index in [1.807, 2.05) is 13.1 Å². The largest absolute Gasteiger partial charge is 0.469 e. The molecule has 21 heavy (non-hydrogen) atoms. The van der Waals surface area contributed by atoms with Crippen LogP contribution in [0.3, 0.4) is 0 Å². The fraction of sp³-hybridized carbons (Fsp3) is 0.571. The van der Waals surface area contributed by atoms with Gasteiger partial charge in [-0.05, 0) is 32.0 Å². The van der Waals surface area contributed by atoms with Gasteiger partial charge in [0.15, 0.2) is 5.84 Å². The molecular weight excluding hydrogens is 272 g/mol. The molecule has 0 atom stereocenters. The molecule has 2 rings (SSSR count). The van der Waals surface area contributed by atoms with Gasteiger partial charge in [-0.3, -0.25) is 4.79 Å². The molecule has 0 unspecified atom stereocenters. The Bertz CT molecular complexity index is 490. The van der Waals surface area contributed by atoms with Gasteiger partial charge in [0.2, 0.25) is 5.91 Å². The van der Waals surface area contributed by atoms with E-state index in [1.54, 1.807) is 12.3 Å². The summed E-state index contributed by atoms with van der Waals surface area (Å²) in [5, 5.41) is 15.1. The van der Waals surface area contributed by atoms with E-state index in [1.165, 1.54) is 0 Å². The predicted octanol–water partition coefficient (Wildman–Crippen LogP) is 0.539. The zero-order chi connectivity index (χ0) is 15.3. The smallest absolute Gasteiger partial charge is 0.221 e. The van der Waals surface area contributed by atoms with E-state index < -0.39 is 5.54 Å². The number of piperidine rings is 1. The van der Waals surface area contributed by atoms with Crippen LogP contribution in [0.4, 0.5) is 0 Å². The number of hydrogen-bond donors (Lipinski definition) is 3. The standard InChI is InChI=1S/C14H22N4O3/c1-18-8-6-14(7-9-18,13(15)17-20)16-12(19)5-4-11-3-2-10-21-11/h2-3,10,20H,4-9H2,1H3,(H2,15,17)(H,16,19). The fourth-order valence-corrected chi connectivity index (χ4v) is 2.56. The molecule has 0 aromatic carbocycles. The third-order valence-electron chi connectivity index (χ3n) is 4.00. The summed E-state index contributed by atoms with van der Waals surface area (Å²) in [5.74, 6) is 0.718. The number of carbonyl (C=O) groups is 1. The van der Waals surface area contributed by atoms with Crippen molar-refractivity contribution in [3.8, 4) is 0 Å². The van der Waals surface area contributed by atoms with Crippen LogP contribution in [-0.4, -0.2) is 47.5 Å². The first-order valence-electron chi connectivity index (χ1n) is 7.06. The Labute approximate surface area is 123 Å². The molecule has 0 radical (unpaired) electrons. The summed E-state index contributed by atoms with van der Waals surface area (Å²) in [7, 11) is 2.01. The molecule has 1 amide bonds. The van der Waals surface area contributed by atoms with E-state index in [0.29, 0.717) is 25.7 Å². The Morgan fingerprint density at radius 3 is 2.86 bits per heavy atom. The number of likely N-dealkylation sites (tertiary alicyclic amines) is 1. The topological polar surface area (TPSA) is 104 Å². The number of nitrogens with one attached hydrogen (secondary N) is 1. The number of oxime groups is 1. The van der Waals surface area contributed by atoms with Crippen molar-refractivity contribution in [2.75, 3.05) is 20.1 Å². The highest BCUT2D eigenvalue weighted by Crippen LogP contribution is 2.22. The second kappa shape index (κ2) is 6.62. The van der Waals surface area contributed by atoms with Crippen molar-refractivity contribution in [2.45, 2.75) is 31.2 Å². The first-order valence-corrected chi connectivity index (χ1v) is 7.06. The summed E-state index contributed by atoms with van der Waals surface area (Å²) in [6.45, 7) is 1.57. The third-order valence-corrected chi connectivity index (χ3v) is 4.00. The number of aryl methyl sites for hydroxylation is 1. The number of nitrogens with two attached hydrogens (primary N) is 1. The highest BCUT2D eigenvalue weighted by molar-refractivity contribution is 5.94. The van der Waals surface area contributed by atoms with Crippen LogP contribution in [0.25, 0.3) is 0 Å². The van der Waals surface area contributed by atoms with Gasteiger partial charge in [-0.1, -0.05) is 5.16 Å². The number of amidine groups is 1. The molecule has 4 N–H and O–H groups in total. The minimum atomic E-state index is -0.749. The zero-order valence-corrected chi connectivity index (χ0v) is 12.2. The maximum absolute atomic E-state index is 12.2. The van der Waals surface area contributed by atoms with E-state index in [4.69, 9.17) is 15.4 Å². The molecule has 1 aliphatic heterocycles. The van der Waals surface area contributed by atoms with E-state index in [0.717, 1.165) is 18.8 Å². The van der Waals surface area contributed by atoms with Crippen molar-refractivity contribution in [1.29, 1.82) is 0 Å². The molecule has 7 heteroatoms. The average molecular weight is 294 g/mol. The molecule has 0 spiro atoms. The molecule has 0 saturated carbocycles.